The van der Waals surface area contributed by atoms with Crippen molar-refractivity contribution in [2.45, 2.75) is 12.7 Å². The number of aromatic nitrogens is 2. The van der Waals surface area contributed by atoms with Crippen molar-refractivity contribution in [1.82, 2.24) is 15.3 Å². The molecule has 0 aliphatic carbocycles. The third-order valence-electron chi connectivity index (χ3n) is 1.29. The van der Waals surface area contributed by atoms with Gasteiger partial charge in [0.1, 0.15) is 6.54 Å². The van der Waals surface area contributed by atoms with Gasteiger partial charge < -0.3 is 0 Å². The van der Waals surface area contributed by atoms with E-state index in [1.807, 2.05) is 0 Å². The van der Waals surface area contributed by atoms with Crippen LogP contribution in [0.1, 0.15) is 0 Å². The minimum absolute atomic E-state index is 0.190. The average molecular weight is 223 g/mol. The molecule has 1 aromatic heterocycles. The lowest BCUT2D eigenvalue weighted by atomic mass is 10.6. The molecule has 1 rings (SSSR count). The van der Waals surface area contributed by atoms with E-state index in [0.717, 1.165) is 0 Å². The highest BCUT2D eigenvalue weighted by atomic mass is 19.4. The number of nitrogens with one attached hydrogen (secondary N) is 1. The third kappa shape index (κ3) is 5.01. The van der Waals surface area contributed by atoms with Crippen molar-refractivity contribution in [2.75, 3.05) is 6.61 Å². The lowest BCUT2D eigenvalue weighted by Gasteiger charge is -2.08. The van der Waals surface area contributed by atoms with Gasteiger partial charge in [-0.25, -0.2) is 5.48 Å². The topological polar surface area (TPSA) is 56.2 Å². The maximum absolute atomic E-state index is 11.6. The number of alkyl halides is 3. The molecule has 0 saturated carbocycles. The number of hydrogen-bond donors (Lipinski definition) is 1. The summed E-state index contributed by atoms with van der Waals surface area (Å²) in [5.41, 5.74) is 1.66. The van der Waals surface area contributed by atoms with Crippen LogP contribution in [0.25, 0.3) is 0 Å². The highest BCUT2D eigenvalue weighted by Gasteiger charge is 2.28. The molecule has 15 heavy (non-hydrogen) atoms. The van der Waals surface area contributed by atoms with Crippen LogP contribution in [0, 0.1) is 0 Å². The number of rotatable bonds is 4. The Bertz CT molecular complexity index is 310. The van der Waals surface area contributed by atoms with Gasteiger partial charge >= 0.3 is 6.18 Å². The van der Waals surface area contributed by atoms with Gasteiger partial charge in [0.05, 0.1) is 0 Å². The summed E-state index contributed by atoms with van der Waals surface area (Å²) in [5.74, 6) is -0.706. The molecule has 0 radical (unpaired) electrons. The summed E-state index contributed by atoms with van der Waals surface area (Å²) in [5, 5.41) is 3.69. The first-order valence-corrected chi connectivity index (χ1v) is 3.92. The van der Waals surface area contributed by atoms with E-state index in [9.17, 15) is 18.0 Å². The minimum Gasteiger partial charge on any atom is -0.271 e. The third-order valence-corrected chi connectivity index (χ3v) is 1.29. The SMILES string of the molecule is O=C(Cn1cccn1)NOCC(F)(F)F. The molecule has 0 fully saturated rings. The van der Waals surface area contributed by atoms with Crippen LogP contribution in [0.3, 0.4) is 0 Å². The quantitative estimate of drug-likeness (QED) is 0.756. The predicted molar refractivity (Wildman–Crippen MR) is 42.4 cm³/mol. The molecule has 0 atom stereocenters. The van der Waals surface area contributed by atoms with Crippen molar-refractivity contribution in [2.24, 2.45) is 0 Å². The summed E-state index contributed by atoms with van der Waals surface area (Å²) >= 11 is 0. The van der Waals surface area contributed by atoms with Gasteiger partial charge in [0.25, 0.3) is 5.91 Å². The summed E-state index contributed by atoms with van der Waals surface area (Å²) in [6.07, 6.45) is -1.51. The molecule has 5 nitrogen and oxygen atoms in total. The number of carbonyl (C=O) groups is 1. The molecule has 0 aliphatic heterocycles. The molecule has 0 bridgehead atoms. The highest BCUT2D eigenvalue weighted by molar-refractivity contribution is 5.74. The van der Waals surface area contributed by atoms with E-state index in [1.54, 1.807) is 11.5 Å². The fourth-order valence-electron chi connectivity index (χ4n) is 0.772. The number of hydrogen-bond acceptors (Lipinski definition) is 3. The number of carbonyl (C=O) groups excluding carboxylic acids is 1. The van der Waals surface area contributed by atoms with Gasteiger partial charge in [-0.15, -0.1) is 0 Å². The molecular formula is C7H8F3N3O2. The highest BCUT2D eigenvalue weighted by Crippen LogP contribution is 2.13. The van der Waals surface area contributed by atoms with Crippen molar-refractivity contribution in [3.05, 3.63) is 18.5 Å². The molecule has 0 spiro atoms. The zero-order valence-corrected chi connectivity index (χ0v) is 7.49. The Morgan fingerprint density at radius 3 is 2.80 bits per heavy atom. The molecule has 1 amide bonds. The summed E-state index contributed by atoms with van der Waals surface area (Å²) in [4.78, 5) is 14.9. The summed E-state index contributed by atoms with van der Waals surface area (Å²) in [6.45, 7) is -1.71. The Morgan fingerprint density at radius 1 is 1.53 bits per heavy atom. The summed E-state index contributed by atoms with van der Waals surface area (Å²) < 4.78 is 36.0. The van der Waals surface area contributed by atoms with Crippen molar-refractivity contribution in [3.63, 3.8) is 0 Å². The van der Waals surface area contributed by atoms with E-state index >= 15 is 0 Å². The monoisotopic (exact) mass is 223 g/mol. The molecule has 0 saturated heterocycles. The van der Waals surface area contributed by atoms with Crippen LogP contribution < -0.4 is 5.48 Å². The molecule has 0 unspecified atom stereocenters. The Balaban J connectivity index is 2.20. The van der Waals surface area contributed by atoms with E-state index in [2.05, 4.69) is 9.94 Å². The smallest absolute Gasteiger partial charge is 0.271 e. The van der Waals surface area contributed by atoms with Crippen LogP contribution >= 0.6 is 0 Å². The zero-order valence-electron chi connectivity index (χ0n) is 7.49. The molecule has 0 aliphatic rings. The van der Waals surface area contributed by atoms with E-state index < -0.39 is 18.7 Å². The zero-order chi connectivity index (χ0) is 11.3. The van der Waals surface area contributed by atoms with Crippen LogP contribution in [0.5, 0.6) is 0 Å². The lowest BCUT2D eigenvalue weighted by molar-refractivity contribution is -0.191. The maximum Gasteiger partial charge on any atom is 0.414 e. The van der Waals surface area contributed by atoms with E-state index in [4.69, 9.17) is 0 Å². The Hall–Kier alpha value is -1.57. The van der Waals surface area contributed by atoms with Crippen LogP contribution in [0.4, 0.5) is 13.2 Å². The van der Waals surface area contributed by atoms with E-state index in [-0.39, 0.29) is 6.54 Å². The largest absolute Gasteiger partial charge is 0.414 e. The fourth-order valence-corrected chi connectivity index (χ4v) is 0.772. The number of amides is 1. The Kier molecular flexibility index (Phi) is 3.67. The van der Waals surface area contributed by atoms with Gasteiger partial charge in [-0.05, 0) is 6.07 Å². The predicted octanol–water partition coefficient (Wildman–Crippen LogP) is 0.493. The molecule has 1 aromatic rings. The van der Waals surface area contributed by atoms with Gasteiger partial charge in [0.15, 0.2) is 6.61 Å². The lowest BCUT2D eigenvalue weighted by Crippen LogP contribution is -2.32. The van der Waals surface area contributed by atoms with Crippen molar-refractivity contribution < 1.29 is 22.8 Å². The van der Waals surface area contributed by atoms with Gasteiger partial charge in [0, 0.05) is 12.4 Å². The number of halogens is 3. The number of nitrogens with zero attached hydrogens (tertiary/aromatic N) is 2. The van der Waals surface area contributed by atoms with E-state index in [0.29, 0.717) is 0 Å². The van der Waals surface area contributed by atoms with Gasteiger partial charge in [-0.2, -0.15) is 18.3 Å². The summed E-state index contributed by atoms with van der Waals surface area (Å²) in [7, 11) is 0. The van der Waals surface area contributed by atoms with Crippen LogP contribution in [0.2, 0.25) is 0 Å². The van der Waals surface area contributed by atoms with Crippen molar-refractivity contribution >= 4 is 5.91 Å². The van der Waals surface area contributed by atoms with Gasteiger partial charge in [0.2, 0.25) is 0 Å². The Labute approximate surface area is 82.8 Å². The molecule has 8 heteroatoms. The van der Waals surface area contributed by atoms with Crippen LogP contribution in [-0.2, 0) is 16.2 Å². The molecule has 1 heterocycles. The first-order valence-electron chi connectivity index (χ1n) is 3.92. The first kappa shape index (κ1) is 11.5. The van der Waals surface area contributed by atoms with Gasteiger partial charge in [-0.1, -0.05) is 0 Å². The molecular weight excluding hydrogens is 215 g/mol. The van der Waals surface area contributed by atoms with Gasteiger partial charge in [-0.3, -0.25) is 14.3 Å². The average Bonchev–Trinajstić information content (AvgIpc) is 2.54. The number of hydroxylamine groups is 1. The molecule has 0 aromatic carbocycles. The Morgan fingerprint density at radius 2 is 2.27 bits per heavy atom. The second kappa shape index (κ2) is 4.78. The van der Waals surface area contributed by atoms with Crippen molar-refractivity contribution in [1.29, 1.82) is 0 Å². The minimum atomic E-state index is -4.46. The second-order valence-corrected chi connectivity index (χ2v) is 2.63. The van der Waals surface area contributed by atoms with Crippen LogP contribution in [-0.4, -0.2) is 28.5 Å². The standard InChI is InChI=1S/C7H8F3N3O2/c8-7(9,10)5-15-12-6(14)4-13-3-1-2-11-13/h1-3H,4-5H2,(H,12,14). The van der Waals surface area contributed by atoms with Crippen LogP contribution in [0.15, 0.2) is 18.5 Å². The normalized spacial score (nSPS) is 11.4. The maximum atomic E-state index is 11.6. The van der Waals surface area contributed by atoms with Crippen molar-refractivity contribution in [3.8, 4) is 0 Å². The fraction of sp³-hybridized carbons (Fsp3) is 0.429. The molecule has 84 valence electrons. The summed E-state index contributed by atoms with van der Waals surface area (Å²) in [6, 6.07) is 1.59. The molecule has 1 N–H and O–H groups in total. The second-order valence-electron chi connectivity index (χ2n) is 2.63. The van der Waals surface area contributed by atoms with E-state index in [1.165, 1.54) is 17.1 Å². The first-order chi connectivity index (χ1) is 6.97.